The zero-order valence-electron chi connectivity index (χ0n) is 15.7. The number of hydrogen-bond donors (Lipinski definition) is 1. The molecule has 29 heavy (non-hydrogen) atoms. The minimum atomic E-state index is -0.109. The summed E-state index contributed by atoms with van der Waals surface area (Å²) >= 11 is 0. The molecule has 5 rings (SSSR count). The van der Waals surface area contributed by atoms with Crippen molar-refractivity contribution in [3.8, 4) is 5.82 Å². The van der Waals surface area contributed by atoms with Crippen molar-refractivity contribution >= 4 is 17.0 Å². The Morgan fingerprint density at radius 2 is 1.93 bits per heavy atom. The molecule has 1 saturated heterocycles. The second kappa shape index (κ2) is 7.43. The highest BCUT2D eigenvalue weighted by Crippen LogP contribution is 2.20. The zero-order valence-corrected chi connectivity index (χ0v) is 15.7. The molecule has 0 amide bonds. The lowest BCUT2D eigenvalue weighted by Gasteiger charge is -2.35. The molecule has 0 aromatic carbocycles. The normalized spacial score (nSPS) is 15.2. The quantitative estimate of drug-likeness (QED) is 0.502. The van der Waals surface area contributed by atoms with Gasteiger partial charge in [-0.2, -0.15) is 5.10 Å². The van der Waals surface area contributed by atoms with E-state index in [4.69, 9.17) is 0 Å². The summed E-state index contributed by atoms with van der Waals surface area (Å²) in [4.78, 5) is 32.7. The van der Waals surface area contributed by atoms with Crippen molar-refractivity contribution in [2.75, 3.05) is 37.6 Å². The first-order chi connectivity index (χ1) is 14.3. The fourth-order valence-corrected chi connectivity index (χ4v) is 3.54. The molecule has 4 aromatic rings. The number of H-pyrrole nitrogens is 1. The molecule has 4 aromatic heterocycles. The summed E-state index contributed by atoms with van der Waals surface area (Å²) < 4.78 is 3.15. The number of nitrogens with one attached hydrogen (secondary N) is 1. The summed E-state index contributed by atoms with van der Waals surface area (Å²) in [6, 6.07) is 5.04. The van der Waals surface area contributed by atoms with Crippen molar-refractivity contribution in [3.05, 3.63) is 53.6 Å². The van der Waals surface area contributed by atoms with Gasteiger partial charge in [0, 0.05) is 51.2 Å². The van der Waals surface area contributed by atoms with Crippen LogP contribution in [0.1, 0.15) is 0 Å². The maximum atomic E-state index is 12.2. The standard InChI is InChI=1S/C18H20N10O/c29-15-3-2-14(27-5-1-4-23-27)24-28(15)11-8-25-6-9-26(10-7-25)18-16-17(20-12-19-16)21-13-22-18/h1-5,12-13H,6-11H2,(H,19,20,21,22). The number of piperazine rings is 1. The minimum Gasteiger partial charge on any atom is -0.352 e. The van der Waals surface area contributed by atoms with Crippen molar-refractivity contribution < 1.29 is 0 Å². The predicted molar refractivity (Wildman–Crippen MR) is 106 cm³/mol. The minimum absolute atomic E-state index is 0.109. The van der Waals surface area contributed by atoms with Gasteiger partial charge in [0.25, 0.3) is 5.56 Å². The molecule has 11 heteroatoms. The summed E-state index contributed by atoms with van der Waals surface area (Å²) in [5, 5.41) is 8.60. The third-order valence-corrected chi connectivity index (χ3v) is 5.09. The van der Waals surface area contributed by atoms with Crippen molar-refractivity contribution in [3.63, 3.8) is 0 Å². The van der Waals surface area contributed by atoms with Crippen LogP contribution in [0, 0.1) is 0 Å². The van der Waals surface area contributed by atoms with Gasteiger partial charge in [-0.3, -0.25) is 9.69 Å². The average Bonchev–Trinajstić information content (AvgIpc) is 3.45. The first-order valence-electron chi connectivity index (χ1n) is 9.47. The van der Waals surface area contributed by atoms with E-state index >= 15 is 0 Å². The Morgan fingerprint density at radius 3 is 2.76 bits per heavy atom. The highest BCUT2D eigenvalue weighted by Gasteiger charge is 2.20. The van der Waals surface area contributed by atoms with E-state index < -0.39 is 0 Å². The second-order valence-corrected chi connectivity index (χ2v) is 6.83. The summed E-state index contributed by atoms with van der Waals surface area (Å²) in [6.45, 7) is 4.75. The van der Waals surface area contributed by atoms with Crippen molar-refractivity contribution in [1.82, 2.24) is 44.4 Å². The Bertz CT molecular complexity index is 1160. The molecule has 148 valence electrons. The van der Waals surface area contributed by atoms with Crippen LogP contribution in [0.25, 0.3) is 17.0 Å². The van der Waals surface area contributed by atoms with Crippen molar-refractivity contribution in [2.24, 2.45) is 0 Å². The van der Waals surface area contributed by atoms with Crippen LogP contribution >= 0.6 is 0 Å². The van der Waals surface area contributed by atoms with Crippen LogP contribution in [0.3, 0.4) is 0 Å². The van der Waals surface area contributed by atoms with Crippen LogP contribution in [0.15, 0.2) is 48.0 Å². The van der Waals surface area contributed by atoms with Gasteiger partial charge in [-0.05, 0) is 12.1 Å². The average molecular weight is 392 g/mol. The number of aromatic amines is 1. The number of imidazole rings is 1. The molecule has 0 spiro atoms. The smallest absolute Gasteiger partial charge is 0.266 e. The fourth-order valence-electron chi connectivity index (χ4n) is 3.54. The van der Waals surface area contributed by atoms with Crippen LogP contribution in [0.5, 0.6) is 0 Å². The molecule has 0 radical (unpaired) electrons. The molecule has 1 aliphatic heterocycles. The van der Waals surface area contributed by atoms with Gasteiger partial charge in [0.05, 0.1) is 12.9 Å². The van der Waals surface area contributed by atoms with Crippen LogP contribution in [0.2, 0.25) is 0 Å². The predicted octanol–water partition coefficient (Wildman–Crippen LogP) is -0.0825. The number of fused-ring (bicyclic) bond motifs is 1. The van der Waals surface area contributed by atoms with Gasteiger partial charge in [-0.25, -0.2) is 24.3 Å². The van der Waals surface area contributed by atoms with E-state index in [1.807, 2.05) is 6.07 Å². The van der Waals surface area contributed by atoms with E-state index in [0.29, 0.717) is 18.0 Å². The second-order valence-electron chi connectivity index (χ2n) is 6.83. The van der Waals surface area contributed by atoms with E-state index in [-0.39, 0.29) is 5.56 Å². The molecule has 1 aliphatic rings. The molecule has 0 saturated carbocycles. The molecule has 0 atom stereocenters. The largest absolute Gasteiger partial charge is 0.352 e. The number of hydrogen-bond acceptors (Lipinski definition) is 8. The van der Waals surface area contributed by atoms with Crippen LogP contribution in [-0.2, 0) is 6.54 Å². The summed E-state index contributed by atoms with van der Waals surface area (Å²) in [7, 11) is 0. The molecule has 1 fully saturated rings. The van der Waals surface area contributed by atoms with Gasteiger partial charge in [-0.1, -0.05) is 0 Å². The molecular weight excluding hydrogens is 372 g/mol. The Labute approximate surface area is 165 Å². The topological polar surface area (TPSA) is 114 Å². The summed E-state index contributed by atoms with van der Waals surface area (Å²) in [5.41, 5.74) is 1.44. The van der Waals surface area contributed by atoms with Crippen LogP contribution in [0.4, 0.5) is 5.82 Å². The Kier molecular flexibility index (Phi) is 4.48. The molecular formula is C18H20N10O. The number of nitrogens with zero attached hydrogens (tertiary/aromatic N) is 9. The number of anilines is 1. The number of rotatable bonds is 5. The molecule has 0 bridgehead atoms. The lowest BCUT2D eigenvalue weighted by Crippen LogP contribution is -2.48. The van der Waals surface area contributed by atoms with Gasteiger partial charge in [0.1, 0.15) is 11.8 Å². The van der Waals surface area contributed by atoms with Gasteiger partial charge < -0.3 is 9.88 Å². The van der Waals surface area contributed by atoms with Crippen LogP contribution < -0.4 is 10.5 Å². The molecule has 1 N–H and O–H groups in total. The zero-order chi connectivity index (χ0) is 19.6. The SMILES string of the molecule is O=c1ccc(-n2cccn2)nn1CCN1CCN(c2ncnc3nc[nH]c23)CC1. The molecule has 0 unspecified atom stereocenters. The molecule has 5 heterocycles. The first kappa shape index (κ1) is 17.5. The number of aromatic nitrogens is 8. The van der Waals surface area contributed by atoms with E-state index in [9.17, 15) is 4.79 Å². The Balaban J connectivity index is 1.22. The Morgan fingerprint density at radius 1 is 1.03 bits per heavy atom. The molecule has 11 nitrogen and oxygen atoms in total. The van der Waals surface area contributed by atoms with E-state index in [2.05, 4.69) is 39.9 Å². The third-order valence-electron chi connectivity index (χ3n) is 5.09. The Hall–Kier alpha value is -3.60. The molecule has 0 aliphatic carbocycles. The maximum Gasteiger partial charge on any atom is 0.266 e. The summed E-state index contributed by atoms with van der Waals surface area (Å²) in [6.07, 6.45) is 6.68. The van der Waals surface area contributed by atoms with Crippen molar-refractivity contribution in [1.29, 1.82) is 0 Å². The monoisotopic (exact) mass is 392 g/mol. The lowest BCUT2D eigenvalue weighted by molar-refractivity contribution is 0.242. The van der Waals surface area contributed by atoms with E-state index in [1.165, 1.54) is 10.7 Å². The highest BCUT2D eigenvalue weighted by atomic mass is 16.1. The van der Waals surface area contributed by atoms with Gasteiger partial charge in [-0.15, -0.1) is 5.10 Å². The summed E-state index contributed by atoms with van der Waals surface area (Å²) in [5.74, 6) is 1.52. The highest BCUT2D eigenvalue weighted by molar-refractivity contribution is 5.82. The fraction of sp³-hybridized carbons (Fsp3) is 0.333. The van der Waals surface area contributed by atoms with Crippen molar-refractivity contribution in [2.45, 2.75) is 6.54 Å². The van der Waals surface area contributed by atoms with Gasteiger partial charge >= 0.3 is 0 Å². The lowest BCUT2D eigenvalue weighted by atomic mass is 10.3. The van der Waals surface area contributed by atoms with E-state index in [0.717, 1.165) is 44.1 Å². The maximum absolute atomic E-state index is 12.2. The first-order valence-corrected chi connectivity index (χ1v) is 9.47. The third kappa shape index (κ3) is 3.47. The van der Waals surface area contributed by atoms with Gasteiger partial charge in [0.2, 0.25) is 0 Å². The van der Waals surface area contributed by atoms with Gasteiger partial charge in [0.15, 0.2) is 17.3 Å². The van der Waals surface area contributed by atoms with Crippen LogP contribution in [-0.4, -0.2) is 77.1 Å². The van der Waals surface area contributed by atoms with E-state index in [1.54, 1.807) is 35.8 Å².